The fourth-order valence-electron chi connectivity index (χ4n) is 2.15. The molecular weight excluding hydrogens is 258 g/mol. The third kappa shape index (κ3) is 2.71. The fourth-order valence-corrected chi connectivity index (χ4v) is 2.15. The average molecular weight is 273 g/mol. The molecule has 0 unspecified atom stereocenters. The molecule has 1 fully saturated rings. The molecule has 2 aromatic heterocycles. The highest BCUT2D eigenvalue weighted by Crippen LogP contribution is 2.13. The largest absolute Gasteiger partial charge is 0.363 e. The highest BCUT2D eigenvalue weighted by Gasteiger charge is 2.22. The van der Waals surface area contributed by atoms with E-state index >= 15 is 0 Å². The minimum atomic E-state index is -0.153. The first-order valence-electron chi connectivity index (χ1n) is 6.45. The number of amides is 2. The predicted molar refractivity (Wildman–Crippen MR) is 73.5 cm³/mol. The molecule has 20 heavy (non-hydrogen) atoms. The van der Waals surface area contributed by atoms with Gasteiger partial charge >= 0.3 is 6.03 Å². The summed E-state index contributed by atoms with van der Waals surface area (Å²) in [6, 6.07) is 7.30. The van der Waals surface area contributed by atoms with Gasteiger partial charge in [-0.1, -0.05) is 11.2 Å². The number of urea groups is 1. The van der Waals surface area contributed by atoms with E-state index in [4.69, 9.17) is 0 Å². The maximum absolute atomic E-state index is 12.0. The van der Waals surface area contributed by atoms with Crippen molar-refractivity contribution in [2.45, 2.75) is 0 Å². The number of nitrogens with one attached hydrogen (secondary N) is 1. The van der Waals surface area contributed by atoms with Crippen molar-refractivity contribution in [1.29, 1.82) is 0 Å². The predicted octanol–water partition coefficient (Wildman–Crippen LogP) is 1.42. The third-order valence-electron chi connectivity index (χ3n) is 3.21. The Morgan fingerprint density at radius 1 is 1.20 bits per heavy atom. The van der Waals surface area contributed by atoms with E-state index in [1.54, 1.807) is 17.2 Å². The van der Waals surface area contributed by atoms with E-state index in [1.165, 1.54) is 6.26 Å². The molecule has 3 heterocycles. The highest BCUT2D eigenvalue weighted by atomic mass is 16.5. The molecule has 0 aliphatic carbocycles. The van der Waals surface area contributed by atoms with Crippen LogP contribution in [0.15, 0.2) is 41.2 Å². The average Bonchev–Trinajstić information content (AvgIpc) is 3.01. The zero-order valence-corrected chi connectivity index (χ0v) is 10.9. The monoisotopic (exact) mass is 273 g/mol. The molecule has 3 rings (SSSR count). The Bertz CT molecular complexity index is 549. The summed E-state index contributed by atoms with van der Waals surface area (Å²) in [4.78, 5) is 20.2. The van der Waals surface area contributed by atoms with Gasteiger partial charge in [-0.25, -0.2) is 9.78 Å². The van der Waals surface area contributed by atoms with Gasteiger partial charge in [-0.15, -0.1) is 0 Å². The molecule has 7 heteroatoms. The molecular formula is C13H15N5O2. The van der Waals surface area contributed by atoms with Gasteiger partial charge in [0.2, 0.25) is 0 Å². The van der Waals surface area contributed by atoms with Gasteiger partial charge < -0.3 is 14.3 Å². The van der Waals surface area contributed by atoms with Crippen LogP contribution in [0.25, 0.3) is 0 Å². The van der Waals surface area contributed by atoms with Gasteiger partial charge in [0.15, 0.2) is 5.82 Å². The lowest BCUT2D eigenvalue weighted by molar-refractivity contribution is 0.208. The SMILES string of the molecule is O=C(Nc1ccon1)N1CCN(c2ccccn2)CC1. The number of hydrogen-bond donors (Lipinski definition) is 1. The van der Waals surface area contributed by atoms with Crippen LogP contribution in [0.1, 0.15) is 0 Å². The van der Waals surface area contributed by atoms with Gasteiger partial charge in [0.05, 0.1) is 0 Å². The molecule has 104 valence electrons. The van der Waals surface area contributed by atoms with Crippen molar-refractivity contribution in [3.8, 4) is 0 Å². The number of piperazine rings is 1. The van der Waals surface area contributed by atoms with Crippen LogP contribution >= 0.6 is 0 Å². The molecule has 1 aliphatic rings. The number of nitrogens with zero attached hydrogens (tertiary/aromatic N) is 4. The lowest BCUT2D eigenvalue weighted by atomic mass is 10.3. The topological polar surface area (TPSA) is 74.5 Å². The van der Waals surface area contributed by atoms with Gasteiger partial charge in [0, 0.05) is 38.4 Å². The minimum absolute atomic E-state index is 0.153. The molecule has 0 spiro atoms. The van der Waals surface area contributed by atoms with Crippen molar-refractivity contribution >= 4 is 17.7 Å². The zero-order chi connectivity index (χ0) is 13.8. The lowest BCUT2D eigenvalue weighted by Crippen LogP contribution is -2.50. The maximum atomic E-state index is 12.0. The van der Waals surface area contributed by atoms with Gasteiger partial charge in [0.1, 0.15) is 12.1 Å². The van der Waals surface area contributed by atoms with Crippen LogP contribution in [-0.2, 0) is 0 Å². The van der Waals surface area contributed by atoms with Gasteiger partial charge in [0.25, 0.3) is 0 Å². The minimum Gasteiger partial charge on any atom is -0.363 e. The van der Waals surface area contributed by atoms with Crippen molar-refractivity contribution in [3.05, 3.63) is 36.7 Å². The summed E-state index contributed by atoms with van der Waals surface area (Å²) in [5.41, 5.74) is 0. The second kappa shape index (κ2) is 5.60. The summed E-state index contributed by atoms with van der Waals surface area (Å²) in [6.45, 7) is 2.84. The van der Waals surface area contributed by atoms with Crippen molar-refractivity contribution in [3.63, 3.8) is 0 Å². The molecule has 7 nitrogen and oxygen atoms in total. The number of aromatic nitrogens is 2. The fraction of sp³-hybridized carbons (Fsp3) is 0.308. The quantitative estimate of drug-likeness (QED) is 0.895. The van der Waals surface area contributed by atoms with Crippen LogP contribution in [0.2, 0.25) is 0 Å². The second-order valence-corrected chi connectivity index (χ2v) is 4.48. The Morgan fingerprint density at radius 2 is 2.05 bits per heavy atom. The molecule has 0 atom stereocenters. The normalized spacial score (nSPS) is 15.2. The molecule has 1 N–H and O–H groups in total. The zero-order valence-electron chi connectivity index (χ0n) is 10.9. The van der Waals surface area contributed by atoms with E-state index < -0.39 is 0 Å². The first-order chi connectivity index (χ1) is 9.83. The molecule has 0 radical (unpaired) electrons. The summed E-state index contributed by atoms with van der Waals surface area (Å²) >= 11 is 0. The first-order valence-corrected chi connectivity index (χ1v) is 6.45. The Kier molecular flexibility index (Phi) is 3.49. The Labute approximate surface area is 116 Å². The Balaban J connectivity index is 1.54. The van der Waals surface area contributed by atoms with E-state index in [2.05, 4.69) is 24.9 Å². The third-order valence-corrected chi connectivity index (χ3v) is 3.21. The van der Waals surface area contributed by atoms with E-state index in [0.717, 1.165) is 18.9 Å². The van der Waals surface area contributed by atoms with Crippen molar-refractivity contribution < 1.29 is 9.32 Å². The van der Waals surface area contributed by atoms with E-state index in [-0.39, 0.29) is 6.03 Å². The molecule has 0 aromatic carbocycles. The van der Waals surface area contributed by atoms with Gasteiger partial charge in [-0.2, -0.15) is 0 Å². The van der Waals surface area contributed by atoms with E-state index in [1.807, 2.05) is 18.2 Å². The summed E-state index contributed by atoms with van der Waals surface area (Å²) in [6.07, 6.45) is 3.20. The summed E-state index contributed by atoms with van der Waals surface area (Å²) in [5.74, 6) is 1.38. The number of carbonyl (C=O) groups excluding carboxylic acids is 1. The molecule has 1 aliphatic heterocycles. The van der Waals surface area contributed by atoms with Gasteiger partial charge in [-0.3, -0.25) is 5.32 Å². The van der Waals surface area contributed by atoms with E-state index in [9.17, 15) is 4.79 Å². The molecule has 1 saturated heterocycles. The number of pyridine rings is 1. The first kappa shape index (κ1) is 12.5. The molecule has 0 bridgehead atoms. The van der Waals surface area contributed by atoms with Crippen LogP contribution in [0.5, 0.6) is 0 Å². The Hall–Kier alpha value is -2.57. The molecule has 2 amide bonds. The van der Waals surface area contributed by atoms with Gasteiger partial charge in [-0.05, 0) is 12.1 Å². The van der Waals surface area contributed by atoms with Crippen LogP contribution < -0.4 is 10.2 Å². The van der Waals surface area contributed by atoms with Crippen LogP contribution in [-0.4, -0.2) is 47.3 Å². The summed E-state index contributed by atoms with van der Waals surface area (Å²) < 4.78 is 4.68. The van der Waals surface area contributed by atoms with Crippen LogP contribution in [0.3, 0.4) is 0 Å². The smallest absolute Gasteiger partial charge is 0.323 e. The van der Waals surface area contributed by atoms with Crippen LogP contribution in [0, 0.1) is 0 Å². The number of hydrogen-bond acceptors (Lipinski definition) is 5. The summed E-state index contributed by atoms with van der Waals surface area (Å²) in [7, 11) is 0. The lowest BCUT2D eigenvalue weighted by Gasteiger charge is -2.35. The van der Waals surface area contributed by atoms with E-state index in [0.29, 0.717) is 18.9 Å². The Morgan fingerprint density at radius 3 is 2.70 bits per heavy atom. The standard InChI is InChI=1S/C13H15N5O2/c19-13(15-11-4-10-20-16-11)18-8-6-17(7-9-18)12-3-1-2-5-14-12/h1-5,10H,6-9H2,(H,15,16,19). The number of anilines is 2. The van der Waals surface area contributed by atoms with Crippen molar-refractivity contribution in [1.82, 2.24) is 15.0 Å². The maximum Gasteiger partial charge on any atom is 0.323 e. The summed E-state index contributed by atoms with van der Waals surface area (Å²) in [5, 5.41) is 6.35. The molecule has 0 saturated carbocycles. The van der Waals surface area contributed by atoms with Crippen molar-refractivity contribution in [2.24, 2.45) is 0 Å². The highest BCUT2D eigenvalue weighted by molar-refractivity contribution is 5.88. The van der Waals surface area contributed by atoms with Crippen molar-refractivity contribution in [2.75, 3.05) is 36.4 Å². The molecule has 2 aromatic rings. The number of rotatable bonds is 2. The number of carbonyl (C=O) groups is 1. The second-order valence-electron chi connectivity index (χ2n) is 4.48. The van der Waals surface area contributed by atoms with Crippen LogP contribution in [0.4, 0.5) is 16.4 Å².